The van der Waals surface area contributed by atoms with Crippen molar-refractivity contribution in [2.75, 3.05) is 0 Å². The van der Waals surface area contributed by atoms with Crippen molar-refractivity contribution in [2.24, 2.45) is 0 Å². The van der Waals surface area contributed by atoms with Gasteiger partial charge in [0.1, 0.15) is 6.10 Å². The highest BCUT2D eigenvalue weighted by Crippen LogP contribution is 2.34. The molecule has 0 spiro atoms. The van der Waals surface area contributed by atoms with Crippen LogP contribution in [0.2, 0.25) is 0 Å². The number of rotatable bonds is 3. The van der Waals surface area contributed by atoms with E-state index in [-0.39, 0.29) is 12.4 Å². The highest BCUT2D eigenvalue weighted by molar-refractivity contribution is 5.88. The molecule has 15 heavy (non-hydrogen) atoms. The summed E-state index contributed by atoms with van der Waals surface area (Å²) in [4.78, 5) is 22.6. The van der Waals surface area contributed by atoms with Crippen molar-refractivity contribution in [3.63, 3.8) is 0 Å². The van der Waals surface area contributed by atoms with Crippen LogP contribution in [0.4, 0.5) is 0 Å². The molecule has 4 nitrogen and oxygen atoms in total. The average Bonchev–Trinajstić information content (AvgIpc) is 2.42. The van der Waals surface area contributed by atoms with Crippen LogP contribution in [0.25, 0.3) is 0 Å². The predicted molar refractivity (Wildman–Crippen MR) is 54.1 cm³/mol. The molecule has 0 aromatic heterocycles. The van der Waals surface area contributed by atoms with Crippen molar-refractivity contribution >= 4 is 11.9 Å². The molecule has 0 aromatic rings. The van der Waals surface area contributed by atoms with Crippen molar-refractivity contribution in [1.29, 1.82) is 0 Å². The Morgan fingerprint density at radius 3 is 2.67 bits per heavy atom. The van der Waals surface area contributed by atoms with E-state index in [0.717, 1.165) is 0 Å². The molecule has 1 heterocycles. The summed E-state index contributed by atoms with van der Waals surface area (Å²) in [7, 11) is 0. The SMILES string of the molecule is C=C(C)C(=O)OC1(CC)CC(=O)OC1C. The second kappa shape index (κ2) is 4.04. The summed E-state index contributed by atoms with van der Waals surface area (Å²) < 4.78 is 10.3. The third-order valence-electron chi connectivity index (χ3n) is 2.74. The molecule has 2 unspecified atom stereocenters. The van der Waals surface area contributed by atoms with E-state index in [1.165, 1.54) is 0 Å². The van der Waals surface area contributed by atoms with Gasteiger partial charge in [-0.3, -0.25) is 4.79 Å². The van der Waals surface area contributed by atoms with Gasteiger partial charge in [-0.05, 0) is 20.3 Å². The zero-order chi connectivity index (χ0) is 11.6. The number of esters is 2. The summed E-state index contributed by atoms with van der Waals surface area (Å²) in [5.41, 5.74) is -0.484. The van der Waals surface area contributed by atoms with E-state index in [1.54, 1.807) is 13.8 Å². The van der Waals surface area contributed by atoms with Gasteiger partial charge in [0, 0.05) is 5.57 Å². The number of carbonyl (C=O) groups is 2. The highest BCUT2D eigenvalue weighted by atomic mass is 16.6. The van der Waals surface area contributed by atoms with Crippen LogP contribution >= 0.6 is 0 Å². The quantitative estimate of drug-likeness (QED) is 0.526. The first kappa shape index (κ1) is 11.8. The molecule has 1 aliphatic heterocycles. The number of hydrogen-bond donors (Lipinski definition) is 0. The molecule has 0 saturated carbocycles. The predicted octanol–water partition coefficient (Wildman–Crippen LogP) is 1.59. The summed E-state index contributed by atoms with van der Waals surface area (Å²) in [6.07, 6.45) is 0.293. The maximum absolute atomic E-state index is 11.4. The Kier molecular flexibility index (Phi) is 3.17. The largest absolute Gasteiger partial charge is 0.458 e. The third kappa shape index (κ3) is 2.19. The Morgan fingerprint density at radius 1 is 1.73 bits per heavy atom. The molecule has 4 heteroatoms. The van der Waals surface area contributed by atoms with Gasteiger partial charge < -0.3 is 9.47 Å². The van der Waals surface area contributed by atoms with Gasteiger partial charge in [-0.2, -0.15) is 0 Å². The zero-order valence-electron chi connectivity index (χ0n) is 9.33. The fraction of sp³-hybridized carbons (Fsp3) is 0.636. The van der Waals surface area contributed by atoms with Crippen LogP contribution in [0, 0.1) is 0 Å². The lowest BCUT2D eigenvalue weighted by Gasteiger charge is -2.29. The van der Waals surface area contributed by atoms with Crippen molar-refractivity contribution in [1.82, 2.24) is 0 Å². The van der Waals surface area contributed by atoms with Gasteiger partial charge in [0.05, 0.1) is 6.42 Å². The molecular weight excluding hydrogens is 196 g/mol. The fourth-order valence-electron chi connectivity index (χ4n) is 1.61. The van der Waals surface area contributed by atoms with Crippen LogP contribution in [0.1, 0.15) is 33.6 Å². The molecule has 1 saturated heterocycles. The topological polar surface area (TPSA) is 52.6 Å². The zero-order valence-corrected chi connectivity index (χ0v) is 9.33. The van der Waals surface area contributed by atoms with E-state index in [2.05, 4.69) is 6.58 Å². The Hall–Kier alpha value is -1.32. The van der Waals surface area contributed by atoms with Gasteiger partial charge in [0.2, 0.25) is 0 Å². The molecule has 84 valence electrons. The van der Waals surface area contributed by atoms with E-state index >= 15 is 0 Å². The van der Waals surface area contributed by atoms with Crippen LogP contribution in [0.5, 0.6) is 0 Å². The van der Waals surface area contributed by atoms with E-state index in [1.807, 2.05) is 6.92 Å². The van der Waals surface area contributed by atoms with E-state index in [0.29, 0.717) is 12.0 Å². The maximum atomic E-state index is 11.4. The Balaban J connectivity index is 2.82. The molecule has 0 amide bonds. The molecule has 1 fully saturated rings. The molecule has 2 atom stereocenters. The van der Waals surface area contributed by atoms with E-state index in [9.17, 15) is 9.59 Å². The molecule has 1 aliphatic rings. The number of carbonyl (C=O) groups excluding carboxylic acids is 2. The highest BCUT2D eigenvalue weighted by Gasteiger charge is 2.48. The second-order valence-corrected chi connectivity index (χ2v) is 3.90. The van der Waals surface area contributed by atoms with Gasteiger partial charge in [-0.1, -0.05) is 13.5 Å². The lowest BCUT2D eigenvalue weighted by molar-refractivity contribution is -0.161. The first-order valence-electron chi connectivity index (χ1n) is 4.99. The fourth-order valence-corrected chi connectivity index (χ4v) is 1.61. The summed E-state index contributed by atoms with van der Waals surface area (Å²) >= 11 is 0. The van der Waals surface area contributed by atoms with E-state index < -0.39 is 17.7 Å². The molecular formula is C11H16O4. The molecule has 1 rings (SSSR count). The van der Waals surface area contributed by atoms with Gasteiger partial charge in [0.25, 0.3) is 0 Å². The average molecular weight is 212 g/mol. The monoisotopic (exact) mass is 212 g/mol. The van der Waals surface area contributed by atoms with Crippen molar-refractivity contribution in [2.45, 2.75) is 45.3 Å². The Bertz CT molecular complexity index is 308. The van der Waals surface area contributed by atoms with Gasteiger partial charge >= 0.3 is 11.9 Å². The molecule has 0 aromatic carbocycles. The van der Waals surface area contributed by atoms with Crippen LogP contribution in [0.3, 0.4) is 0 Å². The Morgan fingerprint density at radius 2 is 2.33 bits per heavy atom. The minimum atomic E-state index is -0.812. The number of ether oxygens (including phenoxy) is 2. The smallest absolute Gasteiger partial charge is 0.333 e. The lowest BCUT2D eigenvalue weighted by atomic mass is 9.93. The van der Waals surface area contributed by atoms with Gasteiger partial charge in [0.15, 0.2) is 5.60 Å². The van der Waals surface area contributed by atoms with Crippen LogP contribution in [-0.4, -0.2) is 23.6 Å². The van der Waals surface area contributed by atoms with Crippen LogP contribution < -0.4 is 0 Å². The lowest BCUT2D eigenvalue weighted by Crippen LogP contribution is -2.41. The van der Waals surface area contributed by atoms with Crippen LogP contribution in [-0.2, 0) is 19.1 Å². The molecule has 0 aliphatic carbocycles. The van der Waals surface area contributed by atoms with Gasteiger partial charge in [-0.25, -0.2) is 4.79 Å². The molecule has 0 bridgehead atoms. The minimum absolute atomic E-state index is 0.129. The first-order chi connectivity index (χ1) is 6.91. The van der Waals surface area contributed by atoms with Crippen molar-refractivity contribution < 1.29 is 19.1 Å². The summed E-state index contributed by atoms with van der Waals surface area (Å²) in [5.74, 6) is -0.791. The molecule has 0 N–H and O–H groups in total. The second-order valence-electron chi connectivity index (χ2n) is 3.90. The normalized spacial score (nSPS) is 29.8. The number of hydrogen-bond acceptors (Lipinski definition) is 4. The Labute approximate surface area is 89.2 Å². The first-order valence-corrected chi connectivity index (χ1v) is 4.99. The van der Waals surface area contributed by atoms with Crippen molar-refractivity contribution in [3.05, 3.63) is 12.2 Å². The maximum Gasteiger partial charge on any atom is 0.333 e. The minimum Gasteiger partial charge on any atom is -0.458 e. The van der Waals surface area contributed by atoms with Crippen LogP contribution in [0.15, 0.2) is 12.2 Å². The van der Waals surface area contributed by atoms with E-state index in [4.69, 9.17) is 9.47 Å². The standard InChI is InChI=1S/C11H16O4/c1-5-11(15-10(13)7(2)3)6-9(12)14-8(11)4/h8H,2,5-6H2,1,3-4H3. The van der Waals surface area contributed by atoms with Gasteiger partial charge in [-0.15, -0.1) is 0 Å². The van der Waals surface area contributed by atoms with Crippen molar-refractivity contribution in [3.8, 4) is 0 Å². The summed E-state index contributed by atoms with van der Waals surface area (Å²) in [6, 6.07) is 0. The summed E-state index contributed by atoms with van der Waals surface area (Å²) in [6.45, 7) is 8.69. The third-order valence-corrected chi connectivity index (χ3v) is 2.74. The summed E-state index contributed by atoms with van der Waals surface area (Å²) in [5, 5.41) is 0. The number of cyclic esters (lactones) is 1. The molecule has 0 radical (unpaired) electrons.